The van der Waals surface area contributed by atoms with Crippen LogP contribution in [0.2, 0.25) is 0 Å². The summed E-state index contributed by atoms with van der Waals surface area (Å²) in [6.45, 7) is 6.21. The van der Waals surface area contributed by atoms with Crippen LogP contribution in [-0.2, 0) is 17.8 Å². The third-order valence-corrected chi connectivity index (χ3v) is 4.23. The van der Waals surface area contributed by atoms with Crippen LogP contribution in [0, 0.1) is 0 Å². The van der Waals surface area contributed by atoms with Crippen LogP contribution in [-0.4, -0.2) is 38.7 Å². The van der Waals surface area contributed by atoms with E-state index in [1.165, 1.54) is 18.9 Å². The van der Waals surface area contributed by atoms with E-state index in [4.69, 9.17) is 0 Å². The van der Waals surface area contributed by atoms with Crippen LogP contribution in [0.25, 0.3) is 0 Å². The fourth-order valence-electron chi connectivity index (χ4n) is 3.12. The number of rotatable bonds is 2. The Morgan fingerprint density at radius 1 is 1.21 bits per heavy atom. The minimum atomic E-state index is 0.0433. The molecule has 0 radical (unpaired) electrons. The highest BCUT2D eigenvalue weighted by molar-refractivity contribution is 5.87. The van der Waals surface area contributed by atoms with Crippen LogP contribution in [0.4, 0.5) is 0 Å². The zero-order valence-electron chi connectivity index (χ0n) is 11.2. The lowest BCUT2D eigenvalue weighted by Gasteiger charge is -2.31. The zero-order chi connectivity index (χ0) is 13.2. The molecule has 19 heavy (non-hydrogen) atoms. The SMILES string of the molecule is C=CC(=O)N1CCC(c2nnc3n2CCCC3)CC1. The molecule has 0 unspecified atom stereocenters. The molecule has 1 amide bonds. The molecule has 5 heteroatoms. The lowest BCUT2D eigenvalue weighted by molar-refractivity contribution is -0.127. The number of carbonyl (C=O) groups excluding carboxylic acids is 1. The second-order valence-electron chi connectivity index (χ2n) is 5.39. The maximum atomic E-state index is 11.6. The van der Waals surface area contributed by atoms with E-state index in [0.717, 1.165) is 50.5 Å². The largest absolute Gasteiger partial charge is 0.339 e. The Bertz CT molecular complexity index is 486. The molecule has 102 valence electrons. The molecule has 1 aromatic heterocycles. The van der Waals surface area contributed by atoms with Crippen molar-refractivity contribution in [3.05, 3.63) is 24.3 Å². The highest BCUT2D eigenvalue weighted by Gasteiger charge is 2.27. The molecule has 0 atom stereocenters. The molecule has 1 saturated heterocycles. The quantitative estimate of drug-likeness (QED) is 0.757. The van der Waals surface area contributed by atoms with Crippen LogP contribution in [0.1, 0.15) is 43.3 Å². The van der Waals surface area contributed by atoms with Gasteiger partial charge in [-0.1, -0.05) is 6.58 Å². The Morgan fingerprint density at radius 2 is 2.00 bits per heavy atom. The van der Waals surface area contributed by atoms with E-state index in [2.05, 4.69) is 21.3 Å². The third-order valence-electron chi connectivity index (χ3n) is 4.23. The van der Waals surface area contributed by atoms with E-state index >= 15 is 0 Å². The maximum absolute atomic E-state index is 11.6. The van der Waals surface area contributed by atoms with Crippen molar-refractivity contribution in [3.63, 3.8) is 0 Å². The third kappa shape index (κ3) is 2.29. The molecule has 0 saturated carbocycles. The van der Waals surface area contributed by atoms with Gasteiger partial charge < -0.3 is 9.47 Å². The minimum absolute atomic E-state index is 0.0433. The molecule has 1 fully saturated rings. The molecule has 0 N–H and O–H groups in total. The summed E-state index contributed by atoms with van der Waals surface area (Å²) in [6.07, 6.45) is 6.88. The van der Waals surface area contributed by atoms with Crippen molar-refractivity contribution in [2.24, 2.45) is 0 Å². The van der Waals surface area contributed by atoms with Gasteiger partial charge in [0.25, 0.3) is 0 Å². The molecule has 0 aromatic carbocycles. The second kappa shape index (κ2) is 5.15. The first-order valence-corrected chi connectivity index (χ1v) is 7.13. The molecule has 5 nitrogen and oxygen atoms in total. The van der Waals surface area contributed by atoms with Crippen molar-refractivity contribution >= 4 is 5.91 Å². The van der Waals surface area contributed by atoms with E-state index in [-0.39, 0.29) is 5.91 Å². The highest BCUT2D eigenvalue weighted by Crippen LogP contribution is 2.29. The average Bonchev–Trinajstić information content (AvgIpc) is 2.90. The van der Waals surface area contributed by atoms with Crippen LogP contribution in [0.15, 0.2) is 12.7 Å². The molecule has 3 heterocycles. The summed E-state index contributed by atoms with van der Waals surface area (Å²) >= 11 is 0. The van der Waals surface area contributed by atoms with E-state index < -0.39 is 0 Å². The zero-order valence-corrected chi connectivity index (χ0v) is 11.2. The Kier molecular flexibility index (Phi) is 3.36. The Morgan fingerprint density at radius 3 is 2.74 bits per heavy atom. The summed E-state index contributed by atoms with van der Waals surface area (Å²) in [5.41, 5.74) is 0. The predicted molar refractivity (Wildman–Crippen MR) is 71.7 cm³/mol. The van der Waals surface area contributed by atoms with Crippen LogP contribution in [0.5, 0.6) is 0 Å². The van der Waals surface area contributed by atoms with Gasteiger partial charge >= 0.3 is 0 Å². The van der Waals surface area contributed by atoms with E-state index in [1.807, 2.05) is 4.90 Å². The molecule has 3 rings (SSSR count). The minimum Gasteiger partial charge on any atom is -0.339 e. The van der Waals surface area contributed by atoms with E-state index in [1.54, 1.807) is 0 Å². The molecule has 0 spiro atoms. The van der Waals surface area contributed by atoms with Crippen molar-refractivity contribution in [1.82, 2.24) is 19.7 Å². The number of hydrogen-bond donors (Lipinski definition) is 0. The second-order valence-corrected chi connectivity index (χ2v) is 5.39. The topological polar surface area (TPSA) is 51.0 Å². The van der Waals surface area contributed by atoms with Gasteiger partial charge in [0.2, 0.25) is 5.91 Å². The van der Waals surface area contributed by atoms with Gasteiger partial charge in [0, 0.05) is 32.0 Å². The molecule has 0 bridgehead atoms. The van der Waals surface area contributed by atoms with Crippen LogP contribution >= 0.6 is 0 Å². The van der Waals surface area contributed by atoms with Crippen molar-refractivity contribution in [3.8, 4) is 0 Å². The molecular formula is C14H20N4O. The maximum Gasteiger partial charge on any atom is 0.245 e. The van der Waals surface area contributed by atoms with Gasteiger partial charge in [-0.25, -0.2) is 0 Å². The summed E-state index contributed by atoms with van der Waals surface area (Å²) in [5, 5.41) is 8.72. The lowest BCUT2D eigenvalue weighted by Crippen LogP contribution is -2.37. The highest BCUT2D eigenvalue weighted by atomic mass is 16.2. The van der Waals surface area contributed by atoms with Crippen molar-refractivity contribution in [2.45, 2.75) is 44.6 Å². The Balaban J connectivity index is 1.70. The van der Waals surface area contributed by atoms with E-state index in [0.29, 0.717) is 5.92 Å². The monoisotopic (exact) mass is 260 g/mol. The predicted octanol–water partition coefficient (Wildman–Crippen LogP) is 1.51. The van der Waals surface area contributed by atoms with Gasteiger partial charge in [-0.3, -0.25) is 4.79 Å². The molecule has 0 aliphatic carbocycles. The molecule has 1 aromatic rings. The smallest absolute Gasteiger partial charge is 0.245 e. The number of amides is 1. The van der Waals surface area contributed by atoms with Crippen molar-refractivity contribution < 1.29 is 4.79 Å². The van der Waals surface area contributed by atoms with Crippen LogP contribution < -0.4 is 0 Å². The van der Waals surface area contributed by atoms with E-state index in [9.17, 15) is 4.79 Å². The van der Waals surface area contributed by atoms with Gasteiger partial charge in [0.15, 0.2) is 0 Å². The number of fused-ring (bicyclic) bond motifs is 1. The number of aromatic nitrogens is 3. The first kappa shape index (κ1) is 12.4. The fourth-order valence-corrected chi connectivity index (χ4v) is 3.12. The van der Waals surface area contributed by atoms with Gasteiger partial charge in [-0.2, -0.15) is 0 Å². The molecular weight excluding hydrogens is 240 g/mol. The van der Waals surface area contributed by atoms with Crippen LogP contribution in [0.3, 0.4) is 0 Å². The fraction of sp³-hybridized carbons (Fsp3) is 0.643. The number of carbonyl (C=O) groups is 1. The number of piperidine rings is 1. The molecule has 2 aliphatic rings. The summed E-state index contributed by atoms with van der Waals surface area (Å²) in [6, 6.07) is 0. The first-order chi connectivity index (χ1) is 9.29. The summed E-state index contributed by atoms with van der Waals surface area (Å²) in [7, 11) is 0. The number of nitrogens with zero attached hydrogens (tertiary/aromatic N) is 4. The summed E-state index contributed by atoms with van der Waals surface area (Å²) in [5.74, 6) is 2.78. The standard InChI is InChI=1S/C14H20N4O/c1-2-13(19)17-9-6-11(7-10-17)14-16-15-12-5-3-4-8-18(12)14/h2,11H,1,3-10H2. The number of likely N-dealkylation sites (tertiary alicyclic amines) is 1. The van der Waals surface area contributed by atoms with Gasteiger partial charge in [-0.15, -0.1) is 10.2 Å². The average molecular weight is 260 g/mol. The van der Waals surface area contributed by atoms with Gasteiger partial charge in [0.05, 0.1) is 0 Å². The summed E-state index contributed by atoms with van der Waals surface area (Å²) in [4.78, 5) is 13.4. The normalized spacial score (nSPS) is 20.1. The molecule has 2 aliphatic heterocycles. The van der Waals surface area contributed by atoms with Gasteiger partial charge in [0.1, 0.15) is 11.6 Å². The first-order valence-electron chi connectivity index (χ1n) is 7.13. The number of hydrogen-bond acceptors (Lipinski definition) is 3. The van der Waals surface area contributed by atoms with Crippen molar-refractivity contribution in [2.75, 3.05) is 13.1 Å². The lowest BCUT2D eigenvalue weighted by atomic mass is 9.95. The Labute approximate surface area is 113 Å². The number of aryl methyl sites for hydroxylation is 1. The summed E-state index contributed by atoms with van der Waals surface area (Å²) < 4.78 is 2.30. The van der Waals surface area contributed by atoms with Gasteiger partial charge in [-0.05, 0) is 31.8 Å². The van der Waals surface area contributed by atoms with Crippen molar-refractivity contribution in [1.29, 1.82) is 0 Å². The Hall–Kier alpha value is -1.65.